The van der Waals surface area contributed by atoms with Crippen LogP contribution in [0.4, 0.5) is 0 Å². The Morgan fingerprint density at radius 1 is 0.778 bits per heavy atom. The second-order valence-corrected chi connectivity index (χ2v) is 17.6. The van der Waals surface area contributed by atoms with Gasteiger partial charge in [-0.3, -0.25) is 4.79 Å². The van der Waals surface area contributed by atoms with Crippen LogP contribution in [0.1, 0.15) is 202 Å². The van der Waals surface area contributed by atoms with Crippen LogP contribution in [0.3, 0.4) is 0 Å². The van der Waals surface area contributed by atoms with Gasteiger partial charge in [-0.15, -0.1) is 0 Å². The molecule has 3 fully saturated rings. The molecule has 0 aliphatic heterocycles. The highest BCUT2D eigenvalue weighted by Crippen LogP contribution is 2.67. The van der Waals surface area contributed by atoms with Crippen molar-refractivity contribution in [2.75, 3.05) is 0 Å². The summed E-state index contributed by atoms with van der Waals surface area (Å²) in [5.74, 6) is 5.34. The van der Waals surface area contributed by atoms with Crippen LogP contribution in [0.5, 0.6) is 0 Å². The maximum absolute atomic E-state index is 12.8. The Kier molecular flexibility index (Phi) is 14.9. The Balaban J connectivity index is 1.14. The van der Waals surface area contributed by atoms with Gasteiger partial charge < -0.3 is 4.74 Å². The molecule has 0 heterocycles. The van der Waals surface area contributed by atoms with E-state index in [9.17, 15) is 4.79 Å². The van der Waals surface area contributed by atoms with Gasteiger partial charge in [-0.05, 0) is 97.7 Å². The monoisotopic (exact) mass is 625 g/mol. The van der Waals surface area contributed by atoms with Gasteiger partial charge in [0.1, 0.15) is 6.10 Å². The molecule has 3 saturated carbocycles. The van der Waals surface area contributed by atoms with Crippen LogP contribution in [-0.2, 0) is 9.53 Å². The summed E-state index contributed by atoms with van der Waals surface area (Å²) in [6.07, 6.45) is 35.4. The number of carbonyl (C=O) groups is 1. The van der Waals surface area contributed by atoms with Crippen LogP contribution in [-0.4, -0.2) is 12.1 Å². The van der Waals surface area contributed by atoms with Crippen molar-refractivity contribution < 1.29 is 9.53 Å². The van der Waals surface area contributed by atoms with Crippen molar-refractivity contribution in [3.8, 4) is 0 Å². The zero-order valence-corrected chi connectivity index (χ0v) is 31.1. The molecule has 260 valence electrons. The van der Waals surface area contributed by atoms with Crippen molar-refractivity contribution in [2.24, 2.45) is 46.3 Å². The number of allylic oxidation sites excluding steroid dienone is 1. The van der Waals surface area contributed by atoms with Crippen molar-refractivity contribution in [3.63, 3.8) is 0 Å². The Labute approximate surface area is 281 Å². The first-order valence-corrected chi connectivity index (χ1v) is 20.6. The average Bonchev–Trinajstić information content (AvgIpc) is 3.37. The Morgan fingerprint density at radius 3 is 2.07 bits per heavy atom. The van der Waals surface area contributed by atoms with E-state index in [2.05, 4.69) is 47.6 Å². The predicted octanol–water partition coefficient (Wildman–Crippen LogP) is 13.4. The number of unbranched alkanes of at least 4 members (excludes halogenated alkanes) is 12. The first-order valence-electron chi connectivity index (χ1n) is 20.6. The number of ether oxygens (including phenoxy) is 1. The molecule has 4 rings (SSSR count). The van der Waals surface area contributed by atoms with Crippen LogP contribution in [0.2, 0.25) is 0 Å². The molecule has 2 heteroatoms. The SMILES string of the molecule is CCCCCCCCCCCCCCCC(=O)O[C@H]1CC[C@@]2(C)C(=CC[C@@H]3[C@H]2CC[C@]2(C)[C@@H]([C@H](C)CCCC(C)C)CC[C@@H]32)C1. The van der Waals surface area contributed by atoms with Gasteiger partial charge in [-0.1, -0.05) is 150 Å². The Morgan fingerprint density at radius 2 is 1.42 bits per heavy atom. The van der Waals surface area contributed by atoms with Gasteiger partial charge in [-0.2, -0.15) is 0 Å². The number of hydrogen-bond acceptors (Lipinski definition) is 2. The van der Waals surface area contributed by atoms with Crippen LogP contribution < -0.4 is 0 Å². The number of hydrogen-bond donors (Lipinski definition) is 0. The summed E-state index contributed by atoms with van der Waals surface area (Å²) >= 11 is 0. The lowest BCUT2D eigenvalue weighted by Crippen LogP contribution is -2.51. The lowest BCUT2D eigenvalue weighted by Gasteiger charge is -2.58. The minimum Gasteiger partial charge on any atom is -0.462 e. The largest absolute Gasteiger partial charge is 0.462 e. The number of esters is 1. The normalized spacial score (nSPS) is 33.3. The summed E-state index contributed by atoms with van der Waals surface area (Å²) in [5.41, 5.74) is 2.54. The quantitative estimate of drug-likeness (QED) is 0.0765. The van der Waals surface area contributed by atoms with Gasteiger partial charge in [0.05, 0.1) is 0 Å². The number of rotatable bonds is 20. The lowest BCUT2D eigenvalue weighted by atomic mass is 9.47. The van der Waals surface area contributed by atoms with E-state index in [4.69, 9.17) is 4.74 Å². The first kappa shape index (κ1) is 37.0. The summed E-state index contributed by atoms with van der Waals surface area (Å²) in [4.78, 5) is 12.8. The lowest BCUT2D eigenvalue weighted by molar-refractivity contribution is -0.151. The molecule has 0 amide bonds. The van der Waals surface area contributed by atoms with Crippen molar-refractivity contribution >= 4 is 5.97 Å². The Hall–Kier alpha value is -0.790. The van der Waals surface area contributed by atoms with Gasteiger partial charge in [0.15, 0.2) is 0 Å². The van der Waals surface area contributed by atoms with Gasteiger partial charge >= 0.3 is 5.97 Å². The minimum absolute atomic E-state index is 0.0638. The van der Waals surface area contributed by atoms with E-state index in [0.717, 1.165) is 54.8 Å². The molecule has 0 aromatic heterocycles. The summed E-state index contributed by atoms with van der Waals surface area (Å²) in [5, 5.41) is 0. The molecule has 45 heavy (non-hydrogen) atoms. The molecule has 0 radical (unpaired) electrons. The van der Waals surface area contributed by atoms with Gasteiger partial charge in [0.2, 0.25) is 0 Å². The molecule has 8 atom stereocenters. The molecule has 0 bridgehead atoms. The molecule has 0 aromatic rings. The number of fused-ring (bicyclic) bond motifs is 5. The first-order chi connectivity index (χ1) is 21.7. The van der Waals surface area contributed by atoms with E-state index in [0.29, 0.717) is 17.3 Å². The third-order valence-corrected chi connectivity index (χ3v) is 14.0. The van der Waals surface area contributed by atoms with Crippen LogP contribution in [0, 0.1) is 46.3 Å². The molecule has 0 saturated heterocycles. The third kappa shape index (κ3) is 9.87. The smallest absolute Gasteiger partial charge is 0.306 e. The van der Waals surface area contributed by atoms with Crippen LogP contribution in [0.15, 0.2) is 11.6 Å². The zero-order chi connectivity index (χ0) is 32.3. The molecule has 4 aliphatic carbocycles. The van der Waals surface area contributed by atoms with Crippen molar-refractivity contribution in [1.29, 1.82) is 0 Å². The fraction of sp³-hybridized carbons (Fsp3) is 0.930. The summed E-state index contributed by atoms with van der Waals surface area (Å²) in [7, 11) is 0. The summed E-state index contributed by atoms with van der Waals surface area (Å²) in [6.45, 7) is 14.9. The summed E-state index contributed by atoms with van der Waals surface area (Å²) in [6, 6.07) is 0. The molecule has 0 unspecified atom stereocenters. The minimum atomic E-state index is 0.0638. The second kappa shape index (κ2) is 18.1. The van der Waals surface area contributed by atoms with Crippen molar-refractivity contribution in [1.82, 2.24) is 0 Å². The highest BCUT2D eigenvalue weighted by molar-refractivity contribution is 5.69. The molecule has 2 nitrogen and oxygen atoms in total. The molecule has 0 N–H and O–H groups in total. The number of carbonyl (C=O) groups excluding carboxylic acids is 1. The predicted molar refractivity (Wildman–Crippen MR) is 193 cm³/mol. The van der Waals surface area contributed by atoms with E-state index >= 15 is 0 Å². The van der Waals surface area contributed by atoms with E-state index in [1.807, 2.05) is 0 Å². The zero-order valence-electron chi connectivity index (χ0n) is 31.1. The van der Waals surface area contributed by atoms with Gasteiger partial charge in [0.25, 0.3) is 0 Å². The molecular formula is C43H76O2. The Bertz CT molecular complexity index is 904. The van der Waals surface area contributed by atoms with E-state index in [1.54, 1.807) is 5.57 Å². The second-order valence-electron chi connectivity index (χ2n) is 17.6. The van der Waals surface area contributed by atoms with E-state index in [-0.39, 0.29) is 12.1 Å². The topological polar surface area (TPSA) is 26.3 Å². The van der Waals surface area contributed by atoms with Gasteiger partial charge in [-0.25, -0.2) is 0 Å². The fourth-order valence-electron chi connectivity index (χ4n) is 11.3. The average molecular weight is 625 g/mol. The molecule has 0 aromatic carbocycles. The highest BCUT2D eigenvalue weighted by atomic mass is 16.5. The third-order valence-electron chi connectivity index (χ3n) is 14.0. The summed E-state index contributed by atoms with van der Waals surface area (Å²) < 4.78 is 6.12. The highest BCUT2D eigenvalue weighted by Gasteiger charge is 2.59. The van der Waals surface area contributed by atoms with E-state index < -0.39 is 0 Å². The molecule has 4 aliphatic rings. The van der Waals surface area contributed by atoms with Gasteiger partial charge in [0, 0.05) is 12.8 Å². The van der Waals surface area contributed by atoms with Crippen molar-refractivity contribution in [2.45, 2.75) is 208 Å². The van der Waals surface area contributed by atoms with Crippen LogP contribution >= 0.6 is 0 Å². The maximum Gasteiger partial charge on any atom is 0.306 e. The molecule has 0 spiro atoms. The maximum atomic E-state index is 12.8. The van der Waals surface area contributed by atoms with Crippen molar-refractivity contribution in [3.05, 3.63) is 11.6 Å². The fourth-order valence-corrected chi connectivity index (χ4v) is 11.3. The van der Waals surface area contributed by atoms with E-state index in [1.165, 1.54) is 135 Å². The molecular weight excluding hydrogens is 548 g/mol. The standard InChI is InChI=1S/C43H76O2/c1-7-8-9-10-11-12-13-14-15-16-17-18-19-23-41(44)45-36-28-30-42(5)35(32-36)24-25-37-39-27-26-38(34(4)22-20-21-33(2)3)43(39,6)31-29-40(37)42/h24,33-34,36-40H,7-23,25-32H2,1-6H3/t34-,36+,37+,38-,39+,40-,42+,43-/m1/s1. The van der Waals surface area contributed by atoms with Crippen LogP contribution in [0.25, 0.3) is 0 Å².